The summed E-state index contributed by atoms with van der Waals surface area (Å²) in [6, 6.07) is 2.77. The van der Waals surface area contributed by atoms with E-state index in [0.717, 1.165) is 11.3 Å². The van der Waals surface area contributed by atoms with Gasteiger partial charge in [0.2, 0.25) is 4.93 Å². The number of ether oxygens (including phenoxy) is 2. The van der Waals surface area contributed by atoms with Crippen LogP contribution in [0.1, 0.15) is 31.6 Å². The van der Waals surface area contributed by atoms with Crippen molar-refractivity contribution in [3.63, 3.8) is 0 Å². The molecule has 0 aliphatic carbocycles. The van der Waals surface area contributed by atoms with Gasteiger partial charge in [0.15, 0.2) is 0 Å². The molecule has 0 N–H and O–H groups in total. The van der Waals surface area contributed by atoms with Crippen molar-refractivity contribution in [1.82, 2.24) is 19.3 Å². The second-order valence-corrected chi connectivity index (χ2v) is 10.8. The van der Waals surface area contributed by atoms with E-state index in [1.54, 1.807) is 20.8 Å². The highest BCUT2D eigenvalue weighted by Crippen LogP contribution is 2.39. The first-order chi connectivity index (χ1) is 15.5. The third-order valence-corrected chi connectivity index (χ3v) is 8.51. The molecule has 0 saturated carbocycles. The van der Waals surface area contributed by atoms with Gasteiger partial charge < -0.3 is 9.47 Å². The number of thiazole rings is 1. The van der Waals surface area contributed by atoms with E-state index in [1.165, 1.54) is 45.0 Å². The number of benzene rings is 1. The molecular formula is C21H24FN4O5S2. The number of amides is 1. The summed E-state index contributed by atoms with van der Waals surface area (Å²) in [4.78, 5) is 22.1. The number of hydrogen-bond acceptors (Lipinski definition) is 9. The van der Waals surface area contributed by atoms with Gasteiger partial charge in [-0.15, -0.1) is 11.3 Å². The number of sulfonamides is 1. The summed E-state index contributed by atoms with van der Waals surface area (Å²) in [5.74, 6) is 0.0217. The minimum atomic E-state index is -4.40. The van der Waals surface area contributed by atoms with Crippen molar-refractivity contribution in [2.75, 3.05) is 20.3 Å². The Balaban J connectivity index is 2.03. The predicted octanol–water partition coefficient (Wildman–Crippen LogP) is 3.14. The second kappa shape index (κ2) is 9.75. The lowest BCUT2D eigenvalue weighted by Gasteiger charge is -2.30. The van der Waals surface area contributed by atoms with Crippen LogP contribution in [-0.2, 0) is 29.2 Å². The van der Waals surface area contributed by atoms with Crippen molar-refractivity contribution < 1.29 is 27.1 Å². The second-order valence-electron chi connectivity index (χ2n) is 7.58. The molecule has 1 amide bonds. The summed E-state index contributed by atoms with van der Waals surface area (Å²) in [5, 5.41) is 0.0433. The van der Waals surface area contributed by atoms with Crippen LogP contribution in [0.15, 0.2) is 24.5 Å². The fraction of sp³-hybridized carbons (Fsp3) is 0.429. The lowest BCUT2D eigenvalue weighted by molar-refractivity contribution is 0.0630. The standard InChI is InChI=1S/C21H24FN4O5S2/c1-13(2)31-7-6-26(12-27)33(28,29)21(4,30-5)20-25-18-8-16(17(22)9-19(18)32-20)15-10-23-14(3)24-11-15/h8-11,13H,6-7H2,1-5H3. The number of methoxy groups -OCH3 is 1. The molecule has 3 rings (SSSR count). The van der Waals surface area contributed by atoms with Gasteiger partial charge in [-0.25, -0.2) is 32.1 Å². The van der Waals surface area contributed by atoms with E-state index in [4.69, 9.17) is 9.47 Å². The van der Waals surface area contributed by atoms with Crippen LogP contribution in [0.3, 0.4) is 0 Å². The number of fused-ring (bicyclic) bond motifs is 1. The number of carbonyl (C=O) groups excluding carboxylic acids is 1. The molecule has 0 bridgehead atoms. The number of aromatic nitrogens is 3. The molecule has 0 saturated heterocycles. The lowest BCUT2D eigenvalue weighted by atomic mass is 10.1. The zero-order valence-corrected chi connectivity index (χ0v) is 20.5. The Labute approximate surface area is 195 Å². The zero-order chi connectivity index (χ0) is 24.4. The van der Waals surface area contributed by atoms with E-state index in [1.807, 2.05) is 0 Å². The fourth-order valence-corrected chi connectivity index (χ4v) is 5.74. The number of aryl methyl sites for hydroxylation is 1. The Kier molecular flexibility index (Phi) is 7.42. The SMILES string of the molecule is COC(C)(c1nc2cc(-c3cnc(C)nc3)c(F)cc2s1)S(=O)(=O)N([C]=O)CCOC(C)C. The van der Waals surface area contributed by atoms with Gasteiger partial charge in [0.1, 0.15) is 16.6 Å². The van der Waals surface area contributed by atoms with Crippen LogP contribution in [0.25, 0.3) is 21.3 Å². The molecule has 0 fully saturated rings. The minimum absolute atomic E-state index is 0.00102. The molecule has 1 radical (unpaired) electrons. The van der Waals surface area contributed by atoms with Gasteiger partial charge in [-0.1, -0.05) is 0 Å². The smallest absolute Gasteiger partial charge is 0.326 e. The maximum atomic E-state index is 14.8. The number of rotatable bonds is 10. The van der Waals surface area contributed by atoms with Crippen LogP contribution in [0.4, 0.5) is 4.39 Å². The average Bonchev–Trinajstić information content (AvgIpc) is 3.19. The Morgan fingerprint density at radius 1 is 1.27 bits per heavy atom. The molecule has 2 aromatic heterocycles. The summed E-state index contributed by atoms with van der Waals surface area (Å²) in [7, 11) is -3.20. The topological polar surface area (TPSA) is 112 Å². The molecule has 9 nitrogen and oxygen atoms in total. The number of nitrogens with zero attached hydrogens (tertiary/aromatic N) is 4. The molecule has 12 heteroatoms. The van der Waals surface area contributed by atoms with E-state index in [-0.39, 0.29) is 29.8 Å². The highest BCUT2D eigenvalue weighted by molar-refractivity contribution is 7.90. The maximum Gasteiger partial charge on any atom is 0.326 e. The van der Waals surface area contributed by atoms with Crippen molar-refractivity contribution in [2.45, 2.75) is 38.7 Å². The predicted molar refractivity (Wildman–Crippen MR) is 122 cm³/mol. The third kappa shape index (κ3) is 4.88. The molecule has 0 aliphatic rings. The Hall–Kier alpha value is -2.54. The quantitative estimate of drug-likeness (QED) is 0.395. The lowest BCUT2D eigenvalue weighted by Crippen LogP contribution is -2.46. The summed E-state index contributed by atoms with van der Waals surface area (Å²) in [6.45, 7) is 6.36. The van der Waals surface area contributed by atoms with Gasteiger partial charge in [0.25, 0.3) is 10.0 Å². The van der Waals surface area contributed by atoms with Crippen molar-refractivity contribution >= 4 is 38.0 Å². The van der Waals surface area contributed by atoms with Crippen molar-refractivity contribution in [1.29, 1.82) is 0 Å². The van der Waals surface area contributed by atoms with Crippen LogP contribution in [0.2, 0.25) is 0 Å². The molecule has 1 unspecified atom stereocenters. The van der Waals surface area contributed by atoms with E-state index in [2.05, 4.69) is 15.0 Å². The van der Waals surface area contributed by atoms with Crippen LogP contribution in [0, 0.1) is 12.7 Å². The molecule has 33 heavy (non-hydrogen) atoms. The van der Waals surface area contributed by atoms with Gasteiger partial charge in [0.05, 0.1) is 29.5 Å². The summed E-state index contributed by atoms with van der Waals surface area (Å²) in [6.07, 6.45) is 4.31. The first kappa shape index (κ1) is 25.1. The van der Waals surface area contributed by atoms with Crippen molar-refractivity contribution in [3.05, 3.63) is 41.2 Å². The van der Waals surface area contributed by atoms with Gasteiger partial charge in [-0.3, -0.25) is 4.79 Å². The normalized spacial score (nSPS) is 13.9. The van der Waals surface area contributed by atoms with Gasteiger partial charge in [-0.2, -0.15) is 0 Å². The highest BCUT2D eigenvalue weighted by atomic mass is 32.2. The maximum absolute atomic E-state index is 14.8. The van der Waals surface area contributed by atoms with E-state index in [0.29, 0.717) is 25.9 Å². The molecule has 3 aromatic rings. The molecule has 177 valence electrons. The van der Waals surface area contributed by atoms with Crippen LogP contribution in [0.5, 0.6) is 0 Å². The fourth-order valence-electron chi connectivity index (χ4n) is 3.00. The first-order valence-electron chi connectivity index (χ1n) is 10.00. The van der Waals surface area contributed by atoms with Gasteiger partial charge in [0, 0.05) is 30.6 Å². The number of halogens is 1. The largest absolute Gasteiger partial charge is 0.377 e. The number of hydrogen-bond donors (Lipinski definition) is 0. The minimum Gasteiger partial charge on any atom is -0.377 e. The average molecular weight is 496 g/mol. The van der Waals surface area contributed by atoms with Crippen molar-refractivity contribution in [3.8, 4) is 11.1 Å². The summed E-state index contributed by atoms with van der Waals surface area (Å²) in [5.41, 5.74) is 1.06. The van der Waals surface area contributed by atoms with Crippen molar-refractivity contribution in [2.24, 2.45) is 0 Å². The zero-order valence-electron chi connectivity index (χ0n) is 18.8. The molecule has 1 atom stereocenters. The molecular weight excluding hydrogens is 471 g/mol. The van der Waals surface area contributed by atoms with Gasteiger partial charge in [-0.05, 0) is 39.8 Å². The molecule has 0 aliphatic heterocycles. The summed E-state index contributed by atoms with van der Waals surface area (Å²) >= 11 is 0.959. The Bertz CT molecular complexity index is 1250. The Morgan fingerprint density at radius 3 is 2.52 bits per heavy atom. The van der Waals surface area contributed by atoms with E-state index in [9.17, 15) is 17.6 Å². The van der Waals surface area contributed by atoms with Crippen LogP contribution >= 0.6 is 11.3 Å². The molecule has 1 aromatic carbocycles. The van der Waals surface area contributed by atoms with Gasteiger partial charge >= 0.3 is 6.41 Å². The highest BCUT2D eigenvalue weighted by Gasteiger charge is 2.48. The first-order valence-corrected chi connectivity index (χ1v) is 12.3. The third-order valence-electron chi connectivity index (χ3n) is 4.98. The monoisotopic (exact) mass is 495 g/mol. The Morgan fingerprint density at radius 2 is 1.94 bits per heavy atom. The molecule has 2 heterocycles. The molecule has 0 spiro atoms. The van der Waals surface area contributed by atoms with Crippen LogP contribution in [-0.4, -0.2) is 60.5 Å². The van der Waals surface area contributed by atoms with Crippen LogP contribution < -0.4 is 0 Å². The van der Waals surface area contributed by atoms with E-state index >= 15 is 0 Å². The summed E-state index contributed by atoms with van der Waals surface area (Å²) < 4.78 is 53.1. The van der Waals surface area contributed by atoms with E-state index < -0.39 is 20.8 Å².